The van der Waals surface area contributed by atoms with Gasteiger partial charge in [-0.15, -0.1) is 0 Å². The second kappa shape index (κ2) is 11.9. The first-order valence-electron chi connectivity index (χ1n) is 13.0. The Bertz CT molecular complexity index is 1650. The van der Waals surface area contributed by atoms with Crippen molar-refractivity contribution in [2.24, 2.45) is 0 Å². The summed E-state index contributed by atoms with van der Waals surface area (Å²) in [7, 11) is 0. The number of hydrogen-bond acceptors (Lipinski definition) is 10. The van der Waals surface area contributed by atoms with Gasteiger partial charge in [0.1, 0.15) is 6.61 Å². The molecule has 3 aromatic carbocycles. The molecule has 0 spiro atoms. The number of carbonyl (C=O) groups excluding carboxylic acids is 2. The van der Waals surface area contributed by atoms with Crippen LogP contribution in [0, 0.1) is 20.2 Å². The smallest absolute Gasteiger partial charge is 0.417 e. The van der Waals surface area contributed by atoms with Crippen molar-refractivity contribution in [3.63, 3.8) is 0 Å². The second-order valence-electron chi connectivity index (χ2n) is 10.2. The van der Waals surface area contributed by atoms with Gasteiger partial charge in [-0.1, -0.05) is 72.4 Å². The Balaban J connectivity index is 1.54. The molecule has 4 aromatic rings. The summed E-state index contributed by atoms with van der Waals surface area (Å²) in [6, 6.07) is 20.3. The zero-order valence-corrected chi connectivity index (χ0v) is 23.7. The highest BCUT2D eigenvalue weighted by molar-refractivity contribution is 7.99. The third kappa shape index (κ3) is 6.33. The van der Waals surface area contributed by atoms with Gasteiger partial charge in [-0.25, -0.2) is 14.7 Å². The Morgan fingerprint density at radius 3 is 2.09 bits per heavy atom. The fourth-order valence-electron chi connectivity index (χ4n) is 4.65. The maximum atomic E-state index is 13.6. The summed E-state index contributed by atoms with van der Waals surface area (Å²) in [5.41, 5.74) is -0.591. The van der Waals surface area contributed by atoms with Crippen LogP contribution in [0.1, 0.15) is 46.6 Å². The lowest BCUT2D eigenvalue weighted by atomic mass is 9.97. The average Bonchev–Trinajstić information content (AvgIpc) is 3.56. The normalized spacial score (nSPS) is 15.4. The summed E-state index contributed by atoms with van der Waals surface area (Å²) < 4.78 is 11.2. The summed E-state index contributed by atoms with van der Waals surface area (Å²) in [4.78, 5) is 53.1. The van der Waals surface area contributed by atoms with E-state index in [1.807, 2.05) is 50.2 Å². The van der Waals surface area contributed by atoms with Gasteiger partial charge in [0.05, 0.1) is 44.5 Å². The van der Waals surface area contributed by atoms with Crippen LogP contribution < -0.4 is 10.2 Å². The lowest BCUT2D eigenvalue weighted by molar-refractivity contribution is -0.394. The van der Waals surface area contributed by atoms with E-state index in [1.54, 1.807) is 24.3 Å². The van der Waals surface area contributed by atoms with Crippen LogP contribution in [0.2, 0.25) is 0 Å². The van der Waals surface area contributed by atoms with Crippen molar-refractivity contribution in [3.05, 3.63) is 122 Å². The van der Waals surface area contributed by atoms with E-state index in [1.165, 1.54) is 22.9 Å². The third-order valence-corrected chi connectivity index (χ3v) is 7.91. The van der Waals surface area contributed by atoms with Gasteiger partial charge < -0.3 is 14.5 Å². The zero-order chi connectivity index (χ0) is 30.7. The number of benzene rings is 3. The van der Waals surface area contributed by atoms with Crippen LogP contribution in [0.4, 0.5) is 22.1 Å². The number of nitrogens with zero attached hydrogens (tertiary/aromatic N) is 4. The Labute approximate surface area is 249 Å². The number of carbonyl (C=O) groups is 2. The van der Waals surface area contributed by atoms with Crippen LogP contribution in [0.3, 0.4) is 0 Å². The number of cyclic esters (lactones) is 1. The van der Waals surface area contributed by atoms with Gasteiger partial charge in [0.15, 0.2) is 0 Å². The molecule has 1 aromatic heterocycles. The lowest BCUT2D eigenvalue weighted by Gasteiger charge is -2.28. The van der Waals surface area contributed by atoms with E-state index < -0.39 is 50.1 Å². The number of amides is 2. The Hall–Kier alpha value is -5.24. The monoisotopic (exact) mass is 603 g/mol. The van der Waals surface area contributed by atoms with Crippen LogP contribution in [0.25, 0.3) is 0 Å². The fraction of sp³-hybridized carbons (Fsp3) is 0.207. The summed E-state index contributed by atoms with van der Waals surface area (Å²) in [5, 5.41) is 25.5. The molecule has 1 aliphatic rings. The number of thioether (sulfide) groups is 1. The van der Waals surface area contributed by atoms with Gasteiger partial charge in [-0.05, 0) is 25.0 Å². The molecule has 13 nitrogen and oxygen atoms in total. The molecule has 2 amide bonds. The molecule has 0 radical (unpaired) electrons. The number of aromatic nitrogens is 1. The standard InChI is InChI=1S/C29H25N5O8S/c1-29(2)17-41-28(36)32(29)23-16-30-27(42-23)43-25(19-11-7-4-8-12-19)24(18-9-5-3-6-10-18)31-26(35)20-13-21(33(37)38)15-22(14-20)34(39)40/h3-16,24-25H,17H2,1-2H3,(H,31,35). The Morgan fingerprint density at radius 1 is 0.977 bits per heavy atom. The van der Waals surface area contributed by atoms with E-state index in [2.05, 4.69) is 10.3 Å². The number of nitro benzene ring substituents is 2. The first kappa shape index (κ1) is 29.3. The number of oxazole rings is 1. The highest BCUT2D eigenvalue weighted by Crippen LogP contribution is 2.45. The van der Waals surface area contributed by atoms with Crippen molar-refractivity contribution in [2.45, 2.75) is 35.9 Å². The molecule has 2 unspecified atom stereocenters. The summed E-state index contributed by atoms with van der Waals surface area (Å²) in [5.74, 6) is -0.553. The molecule has 0 aliphatic carbocycles. The minimum absolute atomic E-state index is 0.180. The number of nitro groups is 2. The number of non-ortho nitro benzene ring substituents is 2. The number of anilines is 1. The molecule has 0 saturated carbocycles. The molecular formula is C29H25N5O8S. The fourth-order valence-corrected chi connectivity index (χ4v) is 5.77. The molecule has 14 heteroatoms. The largest absolute Gasteiger partial charge is 0.447 e. The van der Waals surface area contributed by atoms with Crippen LogP contribution >= 0.6 is 11.8 Å². The minimum Gasteiger partial charge on any atom is -0.447 e. The van der Waals surface area contributed by atoms with Crippen molar-refractivity contribution < 1.29 is 28.6 Å². The molecule has 1 N–H and O–H groups in total. The van der Waals surface area contributed by atoms with Crippen LogP contribution in [-0.4, -0.2) is 39.0 Å². The number of rotatable bonds is 10. The van der Waals surface area contributed by atoms with Crippen molar-refractivity contribution in [1.82, 2.24) is 10.3 Å². The Morgan fingerprint density at radius 2 is 1.56 bits per heavy atom. The molecule has 5 rings (SSSR count). The maximum Gasteiger partial charge on any atom is 0.417 e. The van der Waals surface area contributed by atoms with Crippen molar-refractivity contribution >= 4 is 41.0 Å². The van der Waals surface area contributed by atoms with Crippen LogP contribution in [0.15, 0.2) is 94.7 Å². The molecule has 220 valence electrons. The summed E-state index contributed by atoms with van der Waals surface area (Å²) in [6.07, 6.45) is 0.870. The molecule has 1 fully saturated rings. The molecule has 1 saturated heterocycles. The van der Waals surface area contributed by atoms with E-state index in [0.29, 0.717) is 5.56 Å². The molecule has 2 atom stereocenters. The number of nitrogens with one attached hydrogen (secondary N) is 1. The highest BCUT2D eigenvalue weighted by Gasteiger charge is 2.43. The van der Waals surface area contributed by atoms with Crippen LogP contribution in [-0.2, 0) is 4.74 Å². The molecule has 1 aliphatic heterocycles. The first-order valence-corrected chi connectivity index (χ1v) is 13.9. The van der Waals surface area contributed by atoms with Gasteiger partial charge in [0, 0.05) is 12.1 Å². The van der Waals surface area contributed by atoms with E-state index in [4.69, 9.17) is 9.15 Å². The van der Waals surface area contributed by atoms with Crippen LogP contribution in [0.5, 0.6) is 0 Å². The third-order valence-electron chi connectivity index (χ3n) is 6.72. The van der Waals surface area contributed by atoms with Gasteiger partial charge in [0.25, 0.3) is 22.5 Å². The quantitative estimate of drug-likeness (QED) is 0.124. The minimum atomic E-state index is -0.793. The summed E-state index contributed by atoms with van der Waals surface area (Å²) in [6.45, 7) is 3.85. The average molecular weight is 604 g/mol. The number of hydrogen-bond donors (Lipinski definition) is 1. The van der Waals surface area contributed by atoms with Gasteiger partial charge in [-0.2, -0.15) is 0 Å². The number of ether oxygens (including phenoxy) is 1. The van der Waals surface area contributed by atoms with E-state index in [-0.39, 0.29) is 23.3 Å². The highest BCUT2D eigenvalue weighted by atomic mass is 32.2. The van der Waals surface area contributed by atoms with Crippen molar-refractivity contribution in [3.8, 4) is 0 Å². The van der Waals surface area contributed by atoms with E-state index >= 15 is 0 Å². The van der Waals surface area contributed by atoms with E-state index in [9.17, 15) is 29.8 Å². The lowest BCUT2D eigenvalue weighted by Crippen LogP contribution is -2.41. The maximum absolute atomic E-state index is 13.6. The molecular weight excluding hydrogens is 578 g/mol. The van der Waals surface area contributed by atoms with E-state index in [0.717, 1.165) is 23.8 Å². The predicted molar refractivity (Wildman–Crippen MR) is 156 cm³/mol. The van der Waals surface area contributed by atoms with Gasteiger partial charge >= 0.3 is 6.09 Å². The van der Waals surface area contributed by atoms with Crippen molar-refractivity contribution in [1.29, 1.82) is 0 Å². The zero-order valence-electron chi connectivity index (χ0n) is 22.9. The van der Waals surface area contributed by atoms with Crippen molar-refractivity contribution in [2.75, 3.05) is 11.5 Å². The Kier molecular flexibility index (Phi) is 8.12. The predicted octanol–water partition coefficient (Wildman–Crippen LogP) is 6.23. The topological polar surface area (TPSA) is 171 Å². The molecule has 2 heterocycles. The molecule has 0 bridgehead atoms. The first-order chi connectivity index (χ1) is 20.5. The second-order valence-corrected chi connectivity index (χ2v) is 11.3. The van der Waals surface area contributed by atoms with Gasteiger partial charge in [0.2, 0.25) is 5.88 Å². The van der Waals surface area contributed by atoms with Gasteiger partial charge in [-0.3, -0.25) is 25.0 Å². The molecule has 43 heavy (non-hydrogen) atoms. The SMILES string of the molecule is CC1(C)COC(=O)N1c1cnc(SC(c2ccccc2)C(NC(=O)c2cc([N+](=O)[O-])cc([N+](=O)[O-])c2)c2ccccc2)o1. The summed E-state index contributed by atoms with van der Waals surface area (Å²) >= 11 is 1.19.